The van der Waals surface area contributed by atoms with Crippen LogP contribution in [0.4, 0.5) is 4.79 Å². The Morgan fingerprint density at radius 3 is 2.47 bits per heavy atom. The van der Waals surface area contributed by atoms with E-state index in [1.165, 1.54) is 14.8 Å². The highest BCUT2D eigenvalue weighted by Gasteiger charge is 2.56. The molecule has 0 aromatic heterocycles. The van der Waals surface area contributed by atoms with Crippen LogP contribution in [0.25, 0.3) is 0 Å². The second-order valence-corrected chi connectivity index (χ2v) is 11.0. The van der Waals surface area contributed by atoms with Gasteiger partial charge in [-0.15, -0.1) is 0 Å². The van der Waals surface area contributed by atoms with Gasteiger partial charge in [-0.1, -0.05) is 6.07 Å². The minimum atomic E-state index is -3.53. The van der Waals surface area contributed by atoms with Gasteiger partial charge in [-0.3, -0.25) is 9.69 Å². The van der Waals surface area contributed by atoms with Crippen molar-refractivity contribution in [1.82, 2.24) is 19.4 Å². The number of sulfonamides is 1. The Morgan fingerprint density at radius 2 is 1.77 bits per heavy atom. The van der Waals surface area contributed by atoms with Crippen LogP contribution in [-0.2, 0) is 27.7 Å². The quantitative estimate of drug-likeness (QED) is 0.706. The van der Waals surface area contributed by atoms with E-state index in [0.717, 1.165) is 37.7 Å². The van der Waals surface area contributed by atoms with Gasteiger partial charge in [0, 0.05) is 26.2 Å². The molecule has 3 fully saturated rings. The molecule has 4 aliphatic rings. The zero-order chi connectivity index (χ0) is 21.1. The highest BCUT2D eigenvalue weighted by atomic mass is 32.2. The molecule has 1 saturated carbocycles. The van der Waals surface area contributed by atoms with E-state index < -0.39 is 15.6 Å². The summed E-state index contributed by atoms with van der Waals surface area (Å²) in [5, 5.41) is 2.86. The Hall–Kier alpha value is -1.97. The molecule has 0 unspecified atom stereocenters. The van der Waals surface area contributed by atoms with E-state index in [4.69, 9.17) is 0 Å². The molecule has 3 amide bonds. The first-order valence-electron chi connectivity index (χ1n) is 10.8. The number of hydrogen-bond acceptors (Lipinski definition) is 5. The lowest BCUT2D eigenvalue weighted by Gasteiger charge is -2.35. The summed E-state index contributed by atoms with van der Waals surface area (Å²) < 4.78 is 27.7. The average Bonchev–Trinajstić information content (AvgIpc) is 3.45. The maximum Gasteiger partial charge on any atom is 0.326 e. The fraction of sp³-hybridized carbons (Fsp3) is 0.619. The van der Waals surface area contributed by atoms with Crippen molar-refractivity contribution in [2.45, 2.75) is 49.5 Å². The van der Waals surface area contributed by atoms with Crippen molar-refractivity contribution in [3.63, 3.8) is 0 Å². The third-order valence-electron chi connectivity index (χ3n) is 7.08. The van der Waals surface area contributed by atoms with Crippen LogP contribution in [0.5, 0.6) is 0 Å². The molecule has 9 heteroatoms. The van der Waals surface area contributed by atoms with Crippen LogP contribution in [0.1, 0.15) is 37.3 Å². The molecule has 2 aliphatic carbocycles. The lowest BCUT2D eigenvalue weighted by Crippen LogP contribution is -2.53. The zero-order valence-corrected chi connectivity index (χ0v) is 18.1. The van der Waals surface area contributed by atoms with Crippen LogP contribution in [0.3, 0.4) is 0 Å². The van der Waals surface area contributed by atoms with E-state index in [1.54, 1.807) is 6.07 Å². The molecule has 1 aromatic carbocycles. The molecule has 1 N–H and O–H groups in total. The van der Waals surface area contributed by atoms with Crippen LogP contribution in [0.15, 0.2) is 23.1 Å². The minimum absolute atomic E-state index is 0.164. The zero-order valence-electron chi connectivity index (χ0n) is 17.3. The van der Waals surface area contributed by atoms with Crippen LogP contribution in [-0.4, -0.2) is 72.8 Å². The number of benzene rings is 1. The number of carbonyl (C=O) groups is 2. The number of urea groups is 1. The predicted octanol–water partition coefficient (Wildman–Crippen LogP) is 1.16. The van der Waals surface area contributed by atoms with Gasteiger partial charge >= 0.3 is 6.03 Å². The number of nitrogens with one attached hydrogen (secondary N) is 1. The molecular weight excluding hydrogens is 404 g/mol. The SMILES string of the molecule is C[C@@]1(C2CC2)NC(=O)N(CN2CCN(S(=O)(=O)c3ccc4c(c3)CCC4)CC2)C1=O. The summed E-state index contributed by atoms with van der Waals surface area (Å²) in [6.07, 6.45) is 4.99. The average molecular weight is 433 g/mol. The van der Waals surface area contributed by atoms with Crippen LogP contribution in [0, 0.1) is 5.92 Å². The normalized spacial score (nSPS) is 28.1. The summed E-state index contributed by atoms with van der Waals surface area (Å²) in [4.78, 5) is 28.8. The Labute approximate surface area is 177 Å². The highest BCUT2D eigenvalue weighted by molar-refractivity contribution is 7.89. The highest BCUT2D eigenvalue weighted by Crippen LogP contribution is 2.42. The van der Waals surface area contributed by atoms with Gasteiger partial charge in [-0.25, -0.2) is 18.1 Å². The van der Waals surface area contributed by atoms with Gasteiger partial charge in [0.05, 0.1) is 11.6 Å². The Bertz CT molecular complexity index is 998. The van der Waals surface area contributed by atoms with Crippen LogP contribution < -0.4 is 5.32 Å². The van der Waals surface area contributed by atoms with Gasteiger partial charge in [-0.2, -0.15) is 4.31 Å². The number of nitrogens with zero attached hydrogens (tertiary/aromatic N) is 3. The van der Waals surface area contributed by atoms with E-state index in [9.17, 15) is 18.0 Å². The van der Waals surface area contributed by atoms with Crippen molar-refractivity contribution >= 4 is 22.0 Å². The van der Waals surface area contributed by atoms with Crippen molar-refractivity contribution in [1.29, 1.82) is 0 Å². The molecule has 0 bridgehead atoms. The summed E-state index contributed by atoms with van der Waals surface area (Å²) in [5.41, 5.74) is 1.62. The largest absolute Gasteiger partial charge is 0.326 e. The smallest absolute Gasteiger partial charge is 0.323 e. The molecule has 2 heterocycles. The van der Waals surface area contributed by atoms with Crippen molar-refractivity contribution < 1.29 is 18.0 Å². The molecule has 2 aliphatic heterocycles. The first-order chi connectivity index (χ1) is 14.3. The third kappa shape index (κ3) is 3.23. The van der Waals surface area contributed by atoms with E-state index >= 15 is 0 Å². The number of amides is 3. The van der Waals surface area contributed by atoms with Crippen molar-refractivity contribution in [3.8, 4) is 0 Å². The lowest BCUT2D eigenvalue weighted by molar-refractivity contribution is -0.133. The lowest BCUT2D eigenvalue weighted by atomic mass is 9.96. The number of piperazine rings is 1. The second kappa shape index (κ2) is 7.03. The van der Waals surface area contributed by atoms with Crippen molar-refractivity contribution in [2.75, 3.05) is 32.8 Å². The molecular formula is C21H28N4O4S. The summed E-state index contributed by atoms with van der Waals surface area (Å²) in [6, 6.07) is 5.15. The number of carbonyl (C=O) groups excluding carboxylic acids is 2. The molecule has 5 rings (SSSR count). The van der Waals surface area contributed by atoms with Gasteiger partial charge in [0.2, 0.25) is 10.0 Å². The minimum Gasteiger partial charge on any atom is -0.323 e. The molecule has 0 radical (unpaired) electrons. The van der Waals surface area contributed by atoms with E-state index in [0.29, 0.717) is 31.1 Å². The van der Waals surface area contributed by atoms with Crippen molar-refractivity contribution in [2.24, 2.45) is 5.92 Å². The van der Waals surface area contributed by atoms with Crippen LogP contribution >= 0.6 is 0 Å². The molecule has 2 saturated heterocycles. The Kier molecular flexibility index (Phi) is 4.68. The van der Waals surface area contributed by atoms with Crippen molar-refractivity contribution in [3.05, 3.63) is 29.3 Å². The van der Waals surface area contributed by atoms with Gasteiger partial charge in [0.25, 0.3) is 5.91 Å². The number of hydrogen-bond donors (Lipinski definition) is 1. The van der Waals surface area contributed by atoms with Crippen LogP contribution in [0.2, 0.25) is 0 Å². The number of aryl methyl sites for hydroxylation is 2. The Morgan fingerprint density at radius 1 is 1.07 bits per heavy atom. The summed E-state index contributed by atoms with van der Waals surface area (Å²) in [6.45, 7) is 3.69. The first kappa shape index (κ1) is 20.0. The molecule has 30 heavy (non-hydrogen) atoms. The van der Waals surface area contributed by atoms with E-state index in [-0.39, 0.29) is 24.5 Å². The fourth-order valence-corrected chi connectivity index (χ4v) is 6.42. The van der Waals surface area contributed by atoms with E-state index in [1.807, 2.05) is 24.0 Å². The summed E-state index contributed by atoms with van der Waals surface area (Å²) in [5.74, 6) is 0.0662. The predicted molar refractivity (Wildman–Crippen MR) is 110 cm³/mol. The first-order valence-corrected chi connectivity index (χ1v) is 12.2. The van der Waals surface area contributed by atoms with E-state index in [2.05, 4.69) is 5.32 Å². The van der Waals surface area contributed by atoms with Gasteiger partial charge < -0.3 is 5.32 Å². The summed E-state index contributed by atoms with van der Waals surface area (Å²) >= 11 is 0. The number of rotatable bonds is 5. The summed E-state index contributed by atoms with van der Waals surface area (Å²) in [7, 11) is -3.53. The monoisotopic (exact) mass is 432 g/mol. The molecule has 1 aromatic rings. The maximum atomic E-state index is 13.1. The molecule has 1 atom stereocenters. The Balaban J connectivity index is 1.22. The topological polar surface area (TPSA) is 90.0 Å². The number of fused-ring (bicyclic) bond motifs is 1. The van der Waals surface area contributed by atoms with Gasteiger partial charge in [-0.05, 0) is 68.2 Å². The number of imide groups is 1. The standard InChI is InChI=1S/C21H28N4O4S/c1-21(17-6-7-17)19(26)25(20(27)22-21)14-23-9-11-24(12-10-23)30(28,29)18-8-5-15-3-2-4-16(15)13-18/h5,8,13,17H,2-4,6-7,9-12,14H2,1H3,(H,22,27)/t21-/m0/s1. The molecule has 8 nitrogen and oxygen atoms in total. The second-order valence-electron chi connectivity index (χ2n) is 9.09. The van der Waals surface area contributed by atoms with Gasteiger partial charge in [0.15, 0.2) is 0 Å². The molecule has 0 spiro atoms. The molecule has 162 valence electrons. The van der Waals surface area contributed by atoms with Gasteiger partial charge in [0.1, 0.15) is 5.54 Å². The fourth-order valence-electron chi connectivity index (χ4n) is 4.95. The maximum absolute atomic E-state index is 13.1. The third-order valence-corrected chi connectivity index (χ3v) is 8.97.